The van der Waals surface area contributed by atoms with Gasteiger partial charge in [0.2, 0.25) is 17.6 Å². The van der Waals surface area contributed by atoms with Gasteiger partial charge in [0.1, 0.15) is 0 Å². The summed E-state index contributed by atoms with van der Waals surface area (Å²) >= 11 is 3.44. The Bertz CT molecular complexity index is 1030. The Kier molecular flexibility index (Phi) is 5.55. The minimum Gasteiger partial charge on any atom is -0.335 e. The van der Waals surface area contributed by atoms with Crippen molar-refractivity contribution in [1.29, 1.82) is 0 Å². The first-order chi connectivity index (χ1) is 14.3. The fourth-order valence-electron chi connectivity index (χ4n) is 3.77. The Morgan fingerprint density at radius 2 is 2.03 bits per heavy atom. The van der Waals surface area contributed by atoms with Crippen molar-refractivity contribution in [3.05, 3.63) is 68.4 Å². The predicted octanol–water partition coefficient (Wildman–Crippen LogP) is 4.04. The molecule has 2 aromatic rings. The second-order valence-electron chi connectivity index (χ2n) is 7.63. The van der Waals surface area contributed by atoms with Gasteiger partial charge >= 0.3 is 5.69 Å². The third kappa shape index (κ3) is 4.21. The number of rotatable bonds is 6. The van der Waals surface area contributed by atoms with E-state index in [1.54, 1.807) is 0 Å². The molecule has 1 aliphatic heterocycles. The van der Waals surface area contributed by atoms with Gasteiger partial charge < -0.3 is 9.80 Å². The molecule has 7 nitrogen and oxygen atoms in total. The molecule has 1 saturated carbocycles. The van der Waals surface area contributed by atoms with Crippen molar-refractivity contribution < 1.29 is 18.9 Å². The van der Waals surface area contributed by atoms with Gasteiger partial charge in [-0.15, -0.1) is 0 Å². The third-order valence-corrected chi connectivity index (χ3v) is 5.92. The number of nitro groups is 1. The fourth-order valence-corrected chi connectivity index (χ4v) is 4.22. The molecule has 30 heavy (non-hydrogen) atoms. The normalized spacial score (nSPS) is 18.5. The molecule has 0 bridgehead atoms. The lowest BCUT2D eigenvalue weighted by Crippen LogP contribution is -2.38. The second-order valence-corrected chi connectivity index (χ2v) is 8.54. The van der Waals surface area contributed by atoms with Crippen molar-refractivity contribution in [2.24, 2.45) is 5.92 Å². The molecule has 4 rings (SSSR count). The molecule has 156 valence electrons. The smallest absolute Gasteiger partial charge is 0.306 e. The zero-order chi connectivity index (χ0) is 21.4. The largest absolute Gasteiger partial charge is 0.335 e. The van der Waals surface area contributed by atoms with Gasteiger partial charge in [-0.25, -0.2) is 0 Å². The highest BCUT2D eigenvalue weighted by molar-refractivity contribution is 9.10. The van der Waals surface area contributed by atoms with Crippen molar-refractivity contribution >= 4 is 39.1 Å². The van der Waals surface area contributed by atoms with E-state index in [1.807, 2.05) is 29.2 Å². The Hall–Kier alpha value is -2.81. The lowest BCUT2D eigenvalue weighted by molar-refractivity contribution is -0.387. The lowest BCUT2D eigenvalue weighted by Gasteiger charge is -2.26. The van der Waals surface area contributed by atoms with E-state index in [0.29, 0.717) is 6.54 Å². The molecule has 0 spiro atoms. The first-order valence-corrected chi connectivity index (χ1v) is 10.4. The standard InChI is InChI=1S/C21H19BrFN3O4/c22-15-3-1-2-13(8-15)11-25(16-4-5-16)21(28)14-9-20(27)24(12-14)17-6-7-18(23)19(10-17)26(29)30/h1-3,6-8,10,14,16H,4-5,9,11-12H2. The Morgan fingerprint density at radius 3 is 2.70 bits per heavy atom. The number of nitro benzene ring substituents is 1. The zero-order valence-electron chi connectivity index (χ0n) is 16.0. The van der Waals surface area contributed by atoms with Crippen LogP contribution in [-0.4, -0.2) is 34.2 Å². The van der Waals surface area contributed by atoms with Crippen LogP contribution in [-0.2, 0) is 16.1 Å². The number of nitrogens with zero attached hydrogens (tertiary/aromatic N) is 3. The number of hydrogen-bond acceptors (Lipinski definition) is 4. The minimum absolute atomic E-state index is 0.0334. The van der Waals surface area contributed by atoms with Crippen LogP contribution in [0.15, 0.2) is 46.9 Å². The first kappa shape index (κ1) is 20.5. The summed E-state index contributed by atoms with van der Waals surface area (Å²) < 4.78 is 14.6. The summed E-state index contributed by atoms with van der Waals surface area (Å²) in [6, 6.07) is 11.3. The molecule has 0 N–H and O–H groups in total. The molecular weight excluding hydrogens is 457 g/mol. The highest BCUT2D eigenvalue weighted by atomic mass is 79.9. The average Bonchev–Trinajstić information content (AvgIpc) is 3.47. The summed E-state index contributed by atoms with van der Waals surface area (Å²) in [6.07, 6.45) is 1.91. The SMILES string of the molecule is O=C1CC(C(=O)N(Cc2cccc(Br)c2)C2CC2)CN1c1ccc(F)c([N+](=O)[O-])c1. The van der Waals surface area contributed by atoms with E-state index in [-0.39, 0.29) is 36.5 Å². The summed E-state index contributed by atoms with van der Waals surface area (Å²) in [4.78, 5) is 39.1. The van der Waals surface area contributed by atoms with Gasteiger partial charge in [0, 0.05) is 36.1 Å². The van der Waals surface area contributed by atoms with Crippen LogP contribution in [0.5, 0.6) is 0 Å². The summed E-state index contributed by atoms with van der Waals surface area (Å²) in [5.41, 5.74) is 0.540. The molecule has 0 aromatic heterocycles. The maximum atomic E-state index is 13.6. The van der Waals surface area contributed by atoms with Gasteiger partial charge in [0.05, 0.1) is 16.5 Å². The number of carbonyl (C=O) groups excluding carboxylic acids is 2. The Morgan fingerprint density at radius 1 is 1.27 bits per heavy atom. The van der Waals surface area contributed by atoms with Crippen LogP contribution >= 0.6 is 15.9 Å². The fraction of sp³-hybridized carbons (Fsp3) is 0.333. The van der Waals surface area contributed by atoms with Crippen LogP contribution in [0.3, 0.4) is 0 Å². The molecule has 2 amide bonds. The van der Waals surface area contributed by atoms with Crippen LogP contribution in [0.2, 0.25) is 0 Å². The lowest BCUT2D eigenvalue weighted by atomic mass is 10.1. The number of amides is 2. The number of halogens is 2. The first-order valence-electron chi connectivity index (χ1n) is 9.62. The van der Waals surface area contributed by atoms with E-state index in [1.165, 1.54) is 11.0 Å². The highest BCUT2D eigenvalue weighted by Crippen LogP contribution is 2.34. The molecule has 2 aromatic carbocycles. The molecule has 1 atom stereocenters. The van der Waals surface area contributed by atoms with Crippen molar-refractivity contribution in [2.45, 2.75) is 31.8 Å². The van der Waals surface area contributed by atoms with Crippen molar-refractivity contribution in [2.75, 3.05) is 11.4 Å². The van der Waals surface area contributed by atoms with Gasteiger partial charge in [-0.2, -0.15) is 4.39 Å². The van der Waals surface area contributed by atoms with E-state index >= 15 is 0 Å². The second kappa shape index (κ2) is 8.14. The van der Waals surface area contributed by atoms with Gasteiger partial charge in [-0.3, -0.25) is 19.7 Å². The van der Waals surface area contributed by atoms with Crippen LogP contribution < -0.4 is 4.90 Å². The van der Waals surface area contributed by atoms with E-state index in [2.05, 4.69) is 15.9 Å². The monoisotopic (exact) mass is 475 g/mol. The maximum Gasteiger partial charge on any atom is 0.306 e. The zero-order valence-corrected chi connectivity index (χ0v) is 17.5. The molecule has 1 saturated heterocycles. The van der Waals surface area contributed by atoms with E-state index in [0.717, 1.165) is 35.0 Å². The maximum absolute atomic E-state index is 13.6. The van der Waals surface area contributed by atoms with Gasteiger partial charge in [-0.1, -0.05) is 28.1 Å². The molecule has 2 aliphatic rings. The molecule has 9 heteroatoms. The molecule has 2 fully saturated rings. The summed E-state index contributed by atoms with van der Waals surface area (Å²) in [5.74, 6) is -1.89. The molecular formula is C21H19BrFN3O4. The Labute approximate surface area is 180 Å². The number of anilines is 1. The number of benzene rings is 2. The predicted molar refractivity (Wildman–Crippen MR) is 111 cm³/mol. The minimum atomic E-state index is -0.961. The van der Waals surface area contributed by atoms with Crippen LogP contribution in [0.4, 0.5) is 15.8 Å². The van der Waals surface area contributed by atoms with Gasteiger partial charge in [0.25, 0.3) is 0 Å². The summed E-state index contributed by atoms with van der Waals surface area (Å²) in [6.45, 7) is 0.595. The molecule has 1 heterocycles. The molecule has 1 aliphatic carbocycles. The Balaban J connectivity index is 1.52. The molecule has 0 radical (unpaired) electrons. The van der Waals surface area contributed by atoms with E-state index < -0.39 is 22.3 Å². The van der Waals surface area contributed by atoms with Crippen molar-refractivity contribution in [3.8, 4) is 0 Å². The van der Waals surface area contributed by atoms with E-state index in [4.69, 9.17) is 0 Å². The third-order valence-electron chi connectivity index (χ3n) is 5.43. The van der Waals surface area contributed by atoms with Gasteiger partial charge in [0.15, 0.2) is 0 Å². The van der Waals surface area contributed by atoms with Crippen LogP contribution in [0.25, 0.3) is 0 Å². The number of carbonyl (C=O) groups is 2. The van der Waals surface area contributed by atoms with Crippen molar-refractivity contribution in [3.63, 3.8) is 0 Å². The summed E-state index contributed by atoms with van der Waals surface area (Å²) in [7, 11) is 0. The van der Waals surface area contributed by atoms with Crippen LogP contribution in [0, 0.1) is 21.8 Å². The van der Waals surface area contributed by atoms with Crippen LogP contribution in [0.1, 0.15) is 24.8 Å². The van der Waals surface area contributed by atoms with E-state index in [9.17, 15) is 24.1 Å². The van der Waals surface area contributed by atoms with Gasteiger partial charge in [-0.05, 0) is 42.7 Å². The quantitative estimate of drug-likeness (QED) is 0.466. The number of hydrogen-bond donors (Lipinski definition) is 0. The topological polar surface area (TPSA) is 83.8 Å². The highest BCUT2D eigenvalue weighted by Gasteiger charge is 2.41. The molecule has 1 unspecified atom stereocenters. The average molecular weight is 476 g/mol. The summed E-state index contributed by atoms with van der Waals surface area (Å²) in [5, 5.41) is 11.0. The van der Waals surface area contributed by atoms with Crippen molar-refractivity contribution in [1.82, 2.24) is 4.90 Å².